The molecular formula is C25H26FN5OS. The molecule has 4 aromatic rings. The van der Waals surface area contributed by atoms with Gasteiger partial charge in [0.25, 0.3) is 0 Å². The first-order chi connectivity index (χ1) is 16.1. The highest BCUT2D eigenvalue weighted by molar-refractivity contribution is 7.22. The van der Waals surface area contributed by atoms with Crippen molar-refractivity contribution in [1.82, 2.24) is 20.2 Å². The highest BCUT2D eigenvalue weighted by Gasteiger charge is 2.18. The summed E-state index contributed by atoms with van der Waals surface area (Å²) in [5.41, 5.74) is 8.89. The SMILES string of the molecule is CNC1CCN(Cc2ccc(-c3cc4nccc(Oc5ccc(N)cc5F)c4s3)nc2)CC1. The van der Waals surface area contributed by atoms with Gasteiger partial charge in [-0.3, -0.25) is 14.9 Å². The largest absolute Gasteiger partial charge is 0.453 e. The Balaban J connectivity index is 1.33. The smallest absolute Gasteiger partial charge is 0.167 e. The number of fused-ring (bicyclic) bond motifs is 1. The Morgan fingerprint density at radius 1 is 1.12 bits per heavy atom. The van der Waals surface area contributed by atoms with E-state index in [0.717, 1.165) is 40.4 Å². The lowest BCUT2D eigenvalue weighted by Crippen LogP contribution is -2.40. The van der Waals surface area contributed by atoms with Crippen LogP contribution in [0, 0.1) is 5.82 Å². The second kappa shape index (κ2) is 9.43. The Labute approximate surface area is 196 Å². The number of piperidine rings is 1. The van der Waals surface area contributed by atoms with E-state index in [9.17, 15) is 4.39 Å². The zero-order valence-electron chi connectivity index (χ0n) is 18.4. The first-order valence-electron chi connectivity index (χ1n) is 11.1. The van der Waals surface area contributed by atoms with Crippen LogP contribution in [0.2, 0.25) is 0 Å². The Kier molecular flexibility index (Phi) is 6.22. The van der Waals surface area contributed by atoms with Crippen LogP contribution in [0.5, 0.6) is 11.5 Å². The standard InChI is InChI=1S/C25H26FN5OS/c1-28-18-7-10-31(11-8-18)15-16-2-4-20(30-14-16)24-13-21-25(33-24)23(6-9-29-21)32-22-5-3-17(27)12-19(22)26/h2-6,9,12-14,18,28H,7-8,10-11,15,27H2,1H3. The molecule has 8 heteroatoms. The molecule has 1 aliphatic heterocycles. The van der Waals surface area contributed by atoms with Crippen LogP contribution in [0.25, 0.3) is 20.8 Å². The summed E-state index contributed by atoms with van der Waals surface area (Å²) in [6.45, 7) is 3.13. The Hall–Kier alpha value is -3.07. The molecule has 0 saturated carbocycles. The molecule has 33 heavy (non-hydrogen) atoms. The number of halogens is 1. The average molecular weight is 464 g/mol. The molecule has 0 unspecified atom stereocenters. The maximum Gasteiger partial charge on any atom is 0.167 e. The predicted octanol–water partition coefficient (Wildman–Crippen LogP) is 5.06. The number of pyridine rings is 2. The fourth-order valence-electron chi connectivity index (χ4n) is 4.14. The normalized spacial score (nSPS) is 15.2. The summed E-state index contributed by atoms with van der Waals surface area (Å²) in [5, 5.41) is 3.37. The predicted molar refractivity (Wildman–Crippen MR) is 131 cm³/mol. The molecule has 3 N–H and O–H groups in total. The first-order valence-corrected chi connectivity index (χ1v) is 11.9. The number of hydrogen-bond donors (Lipinski definition) is 2. The minimum absolute atomic E-state index is 0.132. The van der Waals surface area contributed by atoms with Gasteiger partial charge in [-0.1, -0.05) is 6.07 Å². The molecule has 0 amide bonds. The summed E-state index contributed by atoms with van der Waals surface area (Å²) in [6.07, 6.45) is 5.98. The maximum absolute atomic E-state index is 14.2. The van der Waals surface area contributed by atoms with E-state index in [1.165, 1.54) is 41.9 Å². The van der Waals surface area contributed by atoms with Crippen LogP contribution in [0.3, 0.4) is 0 Å². The number of benzene rings is 1. The van der Waals surface area contributed by atoms with Gasteiger partial charge >= 0.3 is 0 Å². The fraction of sp³-hybridized carbons (Fsp3) is 0.280. The van der Waals surface area contributed by atoms with E-state index in [1.807, 2.05) is 19.3 Å². The molecule has 0 radical (unpaired) electrons. The molecule has 170 valence electrons. The van der Waals surface area contributed by atoms with Gasteiger partial charge in [0.2, 0.25) is 0 Å². The minimum atomic E-state index is -0.496. The fourth-order valence-corrected chi connectivity index (χ4v) is 5.18. The maximum atomic E-state index is 14.2. The highest BCUT2D eigenvalue weighted by atomic mass is 32.1. The third-order valence-corrected chi connectivity index (χ3v) is 7.19. The van der Waals surface area contributed by atoms with Crippen molar-refractivity contribution in [1.29, 1.82) is 0 Å². The van der Waals surface area contributed by atoms with Gasteiger partial charge in [0, 0.05) is 42.8 Å². The van der Waals surface area contributed by atoms with E-state index in [1.54, 1.807) is 18.3 Å². The first kappa shape index (κ1) is 21.8. The summed E-state index contributed by atoms with van der Waals surface area (Å²) < 4.78 is 20.9. The third-order valence-electron chi connectivity index (χ3n) is 6.03. The van der Waals surface area contributed by atoms with Crippen molar-refractivity contribution in [2.75, 3.05) is 25.9 Å². The molecule has 1 fully saturated rings. The van der Waals surface area contributed by atoms with Crippen LogP contribution >= 0.6 is 11.3 Å². The van der Waals surface area contributed by atoms with Gasteiger partial charge in [-0.15, -0.1) is 11.3 Å². The van der Waals surface area contributed by atoms with Gasteiger partial charge < -0.3 is 15.8 Å². The number of nitrogens with one attached hydrogen (secondary N) is 1. The van der Waals surface area contributed by atoms with E-state index in [0.29, 0.717) is 17.5 Å². The quantitative estimate of drug-likeness (QED) is 0.390. The van der Waals surface area contributed by atoms with Crippen molar-refractivity contribution >= 4 is 27.2 Å². The van der Waals surface area contributed by atoms with Crippen molar-refractivity contribution < 1.29 is 9.13 Å². The zero-order valence-corrected chi connectivity index (χ0v) is 19.2. The van der Waals surface area contributed by atoms with Crippen molar-refractivity contribution in [3.63, 3.8) is 0 Å². The van der Waals surface area contributed by atoms with Crippen LogP contribution < -0.4 is 15.8 Å². The molecule has 3 aromatic heterocycles. The minimum Gasteiger partial charge on any atom is -0.453 e. The molecule has 0 atom stereocenters. The van der Waals surface area contributed by atoms with Gasteiger partial charge in [0.15, 0.2) is 11.6 Å². The summed E-state index contributed by atoms with van der Waals surface area (Å²) in [7, 11) is 2.04. The van der Waals surface area contributed by atoms with Gasteiger partial charge in [-0.2, -0.15) is 0 Å². The van der Waals surface area contributed by atoms with Crippen molar-refractivity contribution in [3.8, 4) is 22.1 Å². The lowest BCUT2D eigenvalue weighted by molar-refractivity contribution is 0.194. The topological polar surface area (TPSA) is 76.3 Å². The van der Waals surface area contributed by atoms with Crippen molar-refractivity contribution in [2.45, 2.75) is 25.4 Å². The number of likely N-dealkylation sites (tertiary alicyclic amines) is 1. The van der Waals surface area contributed by atoms with E-state index < -0.39 is 5.82 Å². The second-order valence-electron chi connectivity index (χ2n) is 8.32. The molecule has 4 heterocycles. The monoisotopic (exact) mass is 463 g/mol. The number of nitrogen functional groups attached to an aromatic ring is 1. The number of rotatable bonds is 6. The Bertz CT molecular complexity index is 1250. The summed E-state index contributed by atoms with van der Waals surface area (Å²) in [6, 6.07) is 13.0. The molecular weight excluding hydrogens is 437 g/mol. The highest BCUT2D eigenvalue weighted by Crippen LogP contribution is 2.39. The second-order valence-corrected chi connectivity index (χ2v) is 9.37. The molecule has 0 bridgehead atoms. The molecule has 6 nitrogen and oxygen atoms in total. The zero-order chi connectivity index (χ0) is 22.8. The average Bonchev–Trinajstić information content (AvgIpc) is 3.27. The van der Waals surface area contributed by atoms with Crippen LogP contribution in [-0.2, 0) is 6.54 Å². The van der Waals surface area contributed by atoms with Crippen LogP contribution in [-0.4, -0.2) is 41.0 Å². The molecule has 1 aromatic carbocycles. The van der Waals surface area contributed by atoms with E-state index in [2.05, 4.69) is 27.3 Å². The molecule has 0 aliphatic carbocycles. The Morgan fingerprint density at radius 3 is 2.70 bits per heavy atom. The van der Waals surface area contributed by atoms with Gasteiger partial charge in [0.1, 0.15) is 5.75 Å². The number of thiophene rings is 1. The van der Waals surface area contributed by atoms with Gasteiger partial charge in [-0.05, 0) is 62.8 Å². The van der Waals surface area contributed by atoms with Crippen molar-refractivity contribution in [3.05, 3.63) is 66.2 Å². The third kappa shape index (κ3) is 4.83. The number of nitrogens with zero attached hydrogens (tertiary/aromatic N) is 3. The van der Waals surface area contributed by atoms with Gasteiger partial charge in [0.05, 0.1) is 20.8 Å². The lowest BCUT2D eigenvalue weighted by atomic mass is 10.0. The number of hydrogen-bond acceptors (Lipinski definition) is 7. The van der Waals surface area contributed by atoms with Crippen molar-refractivity contribution in [2.24, 2.45) is 0 Å². The molecule has 1 aliphatic rings. The van der Waals surface area contributed by atoms with E-state index >= 15 is 0 Å². The van der Waals surface area contributed by atoms with E-state index in [4.69, 9.17) is 15.5 Å². The number of ether oxygens (including phenoxy) is 1. The summed E-state index contributed by atoms with van der Waals surface area (Å²) in [5.74, 6) is 0.193. The summed E-state index contributed by atoms with van der Waals surface area (Å²) in [4.78, 5) is 12.6. The number of aromatic nitrogens is 2. The van der Waals surface area contributed by atoms with Crippen LogP contribution in [0.1, 0.15) is 18.4 Å². The lowest BCUT2D eigenvalue weighted by Gasteiger charge is -2.31. The van der Waals surface area contributed by atoms with Crippen LogP contribution in [0.4, 0.5) is 10.1 Å². The summed E-state index contributed by atoms with van der Waals surface area (Å²) >= 11 is 1.53. The molecule has 5 rings (SSSR count). The molecule has 0 spiro atoms. The number of anilines is 1. The molecule has 1 saturated heterocycles. The Morgan fingerprint density at radius 2 is 1.97 bits per heavy atom. The number of nitrogens with two attached hydrogens (primary N) is 1. The van der Waals surface area contributed by atoms with E-state index in [-0.39, 0.29) is 5.75 Å². The van der Waals surface area contributed by atoms with Crippen LogP contribution in [0.15, 0.2) is 54.9 Å². The van der Waals surface area contributed by atoms with Gasteiger partial charge in [-0.25, -0.2) is 4.39 Å².